The van der Waals surface area contributed by atoms with Gasteiger partial charge in [-0.2, -0.15) is 14.9 Å². The molecule has 0 saturated carbocycles. The van der Waals surface area contributed by atoms with Gasteiger partial charge in [0.1, 0.15) is 5.69 Å². The number of benzene rings is 2. The van der Waals surface area contributed by atoms with Crippen LogP contribution in [0.3, 0.4) is 0 Å². The fourth-order valence-corrected chi connectivity index (χ4v) is 4.76. The van der Waals surface area contributed by atoms with Gasteiger partial charge in [-0.3, -0.25) is 14.3 Å². The predicted octanol–water partition coefficient (Wildman–Crippen LogP) is 2.74. The maximum atomic E-state index is 14.4. The van der Waals surface area contributed by atoms with Gasteiger partial charge in [-0.25, -0.2) is 8.78 Å². The number of hydrogen-bond acceptors (Lipinski definition) is 6. The number of hydrogen-bond donors (Lipinski definition) is 2. The van der Waals surface area contributed by atoms with Crippen molar-refractivity contribution in [3.05, 3.63) is 70.3 Å². The molecule has 0 unspecified atom stereocenters. The van der Waals surface area contributed by atoms with Crippen molar-refractivity contribution in [2.45, 2.75) is 32.4 Å². The molecule has 2 aromatic heterocycles. The Hall–Kier alpha value is -4.12. The van der Waals surface area contributed by atoms with E-state index in [0.29, 0.717) is 23.3 Å². The van der Waals surface area contributed by atoms with Gasteiger partial charge in [-0.15, -0.1) is 0 Å². The highest BCUT2D eigenvalue weighted by Gasteiger charge is 2.28. The minimum Gasteiger partial charge on any atom is -0.369 e. The third kappa shape index (κ3) is 3.81. The first kappa shape index (κ1) is 23.6. The summed E-state index contributed by atoms with van der Waals surface area (Å²) in [6, 6.07) is 7.99. The van der Waals surface area contributed by atoms with E-state index in [1.807, 2.05) is 24.6 Å². The van der Waals surface area contributed by atoms with Crippen molar-refractivity contribution in [2.24, 2.45) is 11.5 Å². The first-order chi connectivity index (χ1) is 17.2. The number of nitrogens with zero attached hydrogens (tertiary/aromatic N) is 5. The van der Waals surface area contributed by atoms with Crippen LogP contribution in [0.15, 0.2) is 47.4 Å². The molecule has 0 bridgehead atoms. The highest BCUT2D eigenvalue weighted by atomic mass is 19.1. The molecule has 5 rings (SSSR count). The number of primary amides is 1. The Morgan fingerprint density at radius 2 is 1.83 bits per heavy atom. The zero-order valence-corrected chi connectivity index (χ0v) is 19.8. The van der Waals surface area contributed by atoms with Gasteiger partial charge < -0.3 is 16.4 Å². The lowest BCUT2D eigenvalue weighted by molar-refractivity contribution is 0.0994. The van der Waals surface area contributed by atoms with Gasteiger partial charge >= 0.3 is 0 Å². The summed E-state index contributed by atoms with van der Waals surface area (Å²) < 4.78 is 31.3. The first-order valence-corrected chi connectivity index (χ1v) is 11.6. The fourth-order valence-electron chi connectivity index (χ4n) is 4.76. The molecule has 0 spiro atoms. The summed E-state index contributed by atoms with van der Waals surface area (Å²) in [5.74, 6) is -2.94. The smallest absolute Gasteiger partial charge is 0.272 e. The number of anilines is 1. The van der Waals surface area contributed by atoms with Crippen LogP contribution >= 0.6 is 0 Å². The largest absolute Gasteiger partial charge is 0.369 e. The Kier molecular flexibility index (Phi) is 5.79. The average Bonchev–Trinajstić information content (AvgIpc) is 3.45. The van der Waals surface area contributed by atoms with Crippen molar-refractivity contribution in [2.75, 3.05) is 18.0 Å². The van der Waals surface area contributed by atoms with Crippen LogP contribution in [0.5, 0.6) is 0 Å². The third-order valence-electron chi connectivity index (χ3n) is 6.39. The van der Waals surface area contributed by atoms with Crippen molar-refractivity contribution in [1.82, 2.24) is 19.6 Å². The first-order valence-electron chi connectivity index (χ1n) is 11.6. The molecule has 1 amide bonds. The summed E-state index contributed by atoms with van der Waals surface area (Å²) >= 11 is 0. The van der Waals surface area contributed by atoms with E-state index in [0.717, 1.165) is 41.2 Å². The van der Waals surface area contributed by atoms with E-state index in [1.54, 1.807) is 12.3 Å². The molecule has 4 aromatic rings. The molecule has 3 heterocycles. The topological polar surface area (TPSA) is 125 Å². The van der Waals surface area contributed by atoms with E-state index >= 15 is 0 Å². The lowest BCUT2D eigenvalue weighted by Crippen LogP contribution is -2.29. The molecule has 186 valence electrons. The molecule has 1 saturated heterocycles. The van der Waals surface area contributed by atoms with Crippen molar-refractivity contribution in [3.63, 3.8) is 0 Å². The van der Waals surface area contributed by atoms with Gasteiger partial charge in [0.2, 0.25) is 0 Å². The SMILES string of the molecule is CC(C)n1ncc2c(N3CC[C@@H](N)C3)c(-c3cc(=O)n(-c4c(F)cccc4F)nc3C(N)=O)ccc21. The number of nitrogens with two attached hydrogens (primary N) is 2. The Labute approximate surface area is 204 Å². The number of aromatic nitrogens is 4. The molecule has 1 fully saturated rings. The van der Waals surface area contributed by atoms with E-state index < -0.39 is 28.8 Å². The minimum atomic E-state index is -0.998. The lowest BCUT2D eigenvalue weighted by Gasteiger charge is -2.24. The molecular weight excluding hydrogens is 468 g/mol. The van der Waals surface area contributed by atoms with E-state index in [-0.39, 0.29) is 23.3 Å². The monoisotopic (exact) mass is 493 g/mol. The number of carbonyl (C=O) groups excluding carboxylic acids is 1. The number of rotatable bonds is 5. The zero-order valence-electron chi connectivity index (χ0n) is 19.8. The molecule has 9 nitrogen and oxygen atoms in total. The number of halogens is 2. The van der Waals surface area contributed by atoms with Crippen LogP contribution < -0.4 is 21.9 Å². The number of para-hydroxylation sites is 1. The van der Waals surface area contributed by atoms with Crippen LogP contribution in [0.1, 0.15) is 36.8 Å². The zero-order chi connectivity index (χ0) is 25.7. The van der Waals surface area contributed by atoms with Crippen molar-refractivity contribution >= 4 is 22.5 Å². The van der Waals surface area contributed by atoms with Crippen LogP contribution in [0.25, 0.3) is 27.7 Å². The molecule has 1 aliphatic rings. The van der Waals surface area contributed by atoms with Crippen LogP contribution in [0, 0.1) is 11.6 Å². The summed E-state index contributed by atoms with van der Waals surface area (Å²) in [5.41, 5.74) is 12.4. The second-order valence-corrected chi connectivity index (χ2v) is 9.16. The number of amides is 1. The van der Waals surface area contributed by atoms with Gasteiger partial charge in [-0.05, 0) is 38.5 Å². The summed E-state index contributed by atoms with van der Waals surface area (Å²) in [4.78, 5) is 27.7. The summed E-state index contributed by atoms with van der Waals surface area (Å²) in [6.07, 6.45) is 2.51. The van der Waals surface area contributed by atoms with Crippen LogP contribution in [-0.4, -0.2) is 44.6 Å². The molecule has 2 aromatic carbocycles. The van der Waals surface area contributed by atoms with E-state index in [1.165, 1.54) is 6.07 Å². The maximum Gasteiger partial charge on any atom is 0.272 e. The van der Waals surface area contributed by atoms with Crippen molar-refractivity contribution in [1.29, 1.82) is 0 Å². The summed E-state index contributed by atoms with van der Waals surface area (Å²) in [6.45, 7) is 5.26. The summed E-state index contributed by atoms with van der Waals surface area (Å²) in [5, 5.41) is 9.37. The second-order valence-electron chi connectivity index (χ2n) is 9.16. The molecule has 1 aliphatic heterocycles. The molecule has 0 aliphatic carbocycles. The molecule has 4 N–H and O–H groups in total. The molecule has 11 heteroatoms. The van der Waals surface area contributed by atoms with E-state index in [9.17, 15) is 18.4 Å². The van der Waals surface area contributed by atoms with Crippen LogP contribution in [0.4, 0.5) is 14.5 Å². The third-order valence-corrected chi connectivity index (χ3v) is 6.39. The second kappa shape index (κ2) is 8.83. The quantitative estimate of drug-likeness (QED) is 0.441. The van der Waals surface area contributed by atoms with E-state index in [4.69, 9.17) is 11.5 Å². The van der Waals surface area contributed by atoms with Crippen LogP contribution in [-0.2, 0) is 0 Å². The van der Waals surface area contributed by atoms with Crippen LogP contribution in [0.2, 0.25) is 0 Å². The van der Waals surface area contributed by atoms with E-state index in [2.05, 4.69) is 15.1 Å². The average molecular weight is 494 g/mol. The fraction of sp³-hybridized carbons (Fsp3) is 0.280. The standard InChI is InChI=1S/C25H25F2N7O2/c1-13(2)33-20-7-6-15(23(17(20)11-30-33)32-9-8-14(28)12-32)16-10-21(35)34(31-22(16)25(29)36)24-18(26)4-3-5-19(24)27/h3-7,10-11,13-14H,8-9,12,28H2,1-2H3,(H2,29,36)/t14-/m1/s1. The maximum absolute atomic E-state index is 14.4. The number of fused-ring (bicyclic) bond motifs is 1. The van der Waals surface area contributed by atoms with Gasteiger partial charge in [0.15, 0.2) is 17.3 Å². The molecule has 1 atom stereocenters. The molecule has 0 radical (unpaired) electrons. The molecular formula is C25H25F2N7O2. The van der Waals surface area contributed by atoms with Gasteiger partial charge in [0, 0.05) is 47.8 Å². The van der Waals surface area contributed by atoms with Crippen molar-refractivity contribution in [3.8, 4) is 16.8 Å². The normalized spacial score (nSPS) is 15.8. The Morgan fingerprint density at radius 3 is 2.44 bits per heavy atom. The highest BCUT2D eigenvalue weighted by Crippen LogP contribution is 2.40. The Balaban J connectivity index is 1.80. The lowest BCUT2D eigenvalue weighted by atomic mass is 9.99. The van der Waals surface area contributed by atoms with Gasteiger partial charge in [0.05, 0.1) is 17.4 Å². The number of carbonyl (C=O) groups is 1. The minimum absolute atomic E-state index is 0.0426. The Morgan fingerprint density at radius 1 is 1.11 bits per heavy atom. The highest BCUT2D eigenvalue weighted by molar-refractivity contribution is 6.05. The summed E-state index contributed by atoms with van der Waals surface area (Å²) in [7, 11) is 0. The van der Waals surface area contributed by atoms with Gasteiger partial charge in [0.25, 0.3) is 11.5 Å². The van der Waals surface area contributed by atoms with Gasteiger partial charge in [-0.1, -0.05) is 12.1 Å². The van der Waals surface area contributed by atoms with Crippen molar-refractivity contribution < 1.29 is 13.6 Å². The molecule has 36 heavy (non-hydrogen) atoms. The predicted molar refractivity (Wildman–Crippen MR) is 132 cm³/mol. The Bertz CT molecular complexity index is 1540.